The van der Waals surface area contributed by atoms with Gasteiger partial charge in [-0.25, -0.2) is 0 Å². The first-order chi connectivity index (χ1) is 18.8. The van der Waals surface area contributed by atoms with E-state index in [2.05, 4.69) is 82.6 Å². The maximum Gasteiger partial charge on any atom is 0.0701 e. The molecule has 1 fully saturated rings. The van der Waals surface area contributed by atoms with Gasteiger partial charge in [-0.05, 0) is 33.4 Å². The number of rotatable bonds is 0. The number of ether oxygens (including phenoxy) is 4. The molecule has 0 N–H and O–H groups in total. The molecule has 6 heteroatoms. The lowest BCUT2D eigenvalue weighted by molar-refractivity contribution is 0.00624. The van der Waals surface area contributed by atoms with Gasteiger partial charge >= 0.3 is 0 Å². The average molecular weight is 517 g/mol. The fourth-order valence-electron chi connectivity index (χ4n) is 5.04. The molecule has 0 unspecified atom stereocenters. The van der Waals surface area contributed by atoms with Crippen LogP contribution in [-0.4, -0.2) is 88.8 Å². The molecule has 0 atom stereocenters. The molecule has 10 rings (SSSR count). The van der Waals surface area contributed by atoms with E-state index < -0.39 is 0 Å². The summed E-state index contributed by atoms with van der Waals surface area (Å²) in [5.41, 5.74) is 7.56. The Morgan fingerprint density at radius 2 is 0.737 bits per heavy atom. The van der Waals surface area contributed by atoms with Crippen LogP contribution < -0.4 is 0 Å². The maximum absolute atomic E-state index is 5.91. The zero-order valence-electron chi connectivity index (χ0n) is 22.4. The molecule has 1 saturated heterocycles. The van der Waals surface area contributed by atoms with Crippen molar-refractivity contribution in [1.29, 1.82) is 0 Å². The summed E-state index contributed by atoms with van der Waals surface area (Å²) in [5, 5.41) is 0. The van der Waals surface area contributed by atoms with Crippen molar-refractivity contribution in [2.75, 3.05) is 79.0 Å². The first-order valence-corrected chi connectivity index (χ1v) is 13.9. The third kappa shape index (κ3) is 7.96. The van der Waals surface area contributed by atoms with Crippen LogP contribution in [0.2, 0.25) is 0 Å². The molecule has 202 valence electrons. The van der Waals surface area contributed by atoms with Gasteiger partial charge in [-0.2, -0.15) is 0 Å². The van der Waals surface area contributed by atoms with E-state index in [0.717, 1.165) is 39.3 Å². The third-order valence-electron chi connectivity index (χ3n) is 7.22. The summed E-state index contributed by atoms with van der Waals surface area (Å²) < 4.78 is 23.6. The van der Waals surface area contributed by atoms with Gasteiger partial charge in [0.05, 0.1) is 52.9 Å². The molecule has 0 spiro atoms. The Labute approximate surface area is 227 Å². The second-order valence-corrected chi connectivity index (χ2v) is 9.94. The van der Waals surface area contributed by atoms with Crippen LogP contribution in [0.15, 0.2) is 72.8 Å². The lowest BCUT2D eigenvalue weighted by atomic mass is 9.93. The zero-order chi connectivity index (χ0) is 25.8. The Morgan fingerprint density at radius 3 is 1.08 bits per heavy atom. The summed E-state index contributed by atoms with van der Waals surface area (Å²) in [7, 11) is 0. The standard InChI is InChI=1S/C32H40N2O4/c1-2-4-32-30-11-7-28(8-12-30)26-34-15-19-37-23-21-35-17-13-33(14-18-36-22-24-38-20-16-34)25-27-5-9-29(10-6-27)31(32)3-1/h1-12H,13-26H2. The first kappa shape index (κ1) is 27.0. The summed E-state index contributed by atoms with van der Waals surface area (Å²) in [4.78, 5) is 4.80. The Bertz CT molecular complexity index is 995. The average Bonchev–Trinajstić information content (AvgIpc) is 2.95. The fourth-order valence-corrected chi connectivity index (χ4v) is 5.04. The molecule has 38 heavy (non-hydrogen) atoms. The van der Waals surface area contributed by atoms with Crippen LogP contribution in [0.25, 0.3) is 22.3 Å². The Kier molecular flexibility index (Phi) is 10.3. The van der Waals surface area contributed by atoms with Crippen molar-refractivity contribution in [3.05, 3.63) is 83.9 Å². The first-order valence-electron chi connectivity index (χ1n) is 13.9. The highest BCUT2D eigenvalue weighted by atomic mass is 16.5. The van der Waals surface area contributed by atoms with Gasteiger partial charge < -0.3 is 18.9 Å². The molecule has 6 nitrogen and oxygen atoms in total. The van der Waals surface area contributed by atoms with E-state index >= 15 is 0 Å². The minimum atomic E-state index is 0.614. The molecular weight excluding hydrogens is 476 g/mol. The van der Waals surface area contributed by atoms with Crippen LogP contribution >= 0.6 is 0 Å². The van der Waals surface area contributed by atoms with Crippen molar-refractivity contribution in [2.24, 2.45) is 0 Å². The highest BCUT2D eigenvalue weighted by Crippen LogP contribution is 2.32. The largest absolute Gasteiger partial charge is 0.378 e. The molecule has 3 aromatic carbocycles. The number of benzene rings is 3. The van der Waals surface area contributed by atoms with Crippen LogP contribution in [0.1, 0.15) is 11.1 Å². The van der Waals surface area contributed by atoms with Crippen molar-refractivity contribution >= 4 is 0 Å². The van der Waals surface area contributed by atoms with Gasteiger partial charge in [-0.3, -0.25) is 9.80 Å². The lowest BCUT2D eigenvalue weighted by Gasteiger charge is -2.24. The Balaban J connectivity index is 1.46. The van der Waals surface area contributed by atoms with Crippen molar-refractivity contribution in [1.82, 2.24) is 9.80 Å². The van der Waals surface area contributed by atoms with Crippen LogP contribution in [0.4, 0.5) is 0 Å². The van der Waals surface area contributed by atoms with Crippen molar-refractivity contribution in [3.8, 4) is 22.3 Å². The van der Waals surface area contributed by atoms with Gasteiger partial charge in [-0.15, -0.1) is 0 Å². The predicted octanol–water partition coefficient (Wildman–Crippen LogP) is 4.72. The second-order valence-electron chi connectivity index (χ2n) is 9.94. The highest BCUT2D eigenvalue weighted by Gasteiger charge is 2.12. The van der Waals surface area contributed by atoms with E-state index in [-0.39, 0.29) is 0 Å². The second kappa shape index (κ2) is 14.5. The van der Waals surface area contributed by atoms with Gasteiger partial charge in [0.15, 0.2) is 0 Å². The van der Waals surface area contributed by atoms with Crippen LogP contribution in [0.3, 0.4) is 0 Å². The Morgan fingerprint density at radius 1 is 0.395 bits per heavy atom. The van der Waals surface area contributed by atoms with Gasteiger partial charge in [-0.1, -0.05) is 72.8 Å². The molecule has 7 heterocycles. The molecule has 7 aliphatic rings. The summed E-state index contributed by atoms with van der Waals surface area (Å²) in [6.07, 6.45) is 0. The number of nitrogens with zero attached hydrogens (tertiary/aromatic N) is 2. The minimum Gasteiger partial charge on any atom is -0.378 e. The van der Waals surface area contributed by atoms with Gasteiger partial charge in [0, 0.05) is 39.3 Å². The van der Waals surface area contributed by atoms with E-state index in [4.69, 9.17) is 18.9 Å². The zero-order valence-corrected chi connectivity index (χ0v) is 22.4. The smallest absolute Gasteiger partial charge is 0.0701 e. The Hall–Kier alpha value is -2.58. The van der Waals surface area contributed by atoms with Gasteiger partial charge in [0.25, 0.3) is 0 Å². The van der Waals surface area contributed by atoms with Gasteiger partial charge in [0.1, 0.15) is 0 Å². The molecule has 0 aromatic heterocycles. The van der Waals surface area contributed by atoms with Gasteiger partial charge in [0.2, 0.25) is 0 Å². The van der Waals surface area contributed by atoms with E-state index in [9.17, 15) is 0 Å². The van der Waals surface area contributed by atoms with Crippen molar-refractivity contribution in [3.63, 3.8) is 0 Å². The summed E-state index contributed by atoms with van der Waals surface area (Å²) in [6.45, 7) is 10.3. The fraction of sp³-hybridized carbons (Fsp3) is 0.438. The van der Waals surface area contributed by atoms with Crippen LogP contribution in [-0.2, 0) is 32.0 Å². The molecule has 3 aromatic rings. The van der Waals surface area contributed by atoms with Crippen molar-refractivity contribution < 1.29 is 18.9 Å². The third-order valence-corrected chi connectivity index (χ3v) is 7.22. The van der Waals surface area contributed by atoms with Crippen molar-refractivity contribution in [2.45, 2.75) is 13.1 Å². The molecule has 0 saturated carbocycles. The minimum absolute atomic E-state index is 0.614. The van der Waals surface area contributed by atoms with Crippen LogP contribution in [0, 0.1) is 0 Å². The lowest BCUT2D eigenvalue weighted by Crippen LogP contribution is -2.32. The highest BCUT2D eigenvalue weighted by molar-refractivity contribution is 5.83. The quantitative estimate of drug-likeness (QED) is 0.431. The SMILES string of the molecule is c1ccc2c(c1)-c1ccc(cc1)CN1CCOCCOCCN(CCOCCOCC1)Cc1ccc-2cc1. The predicted molar refractivity (Wildman–Crippen MR) is 151 cm³/mol. The topological polar surface area (TPSA) is 43.4 Å². The summed E-state index contributed by atoms with van der Waals surface area (Å²) in [5.74, 6) is 0. The molecule has 7 aliphatic heterocycles. The van der Waals surface area contributed by atoms with E-state index in [1.807, 2.05) is 0 Å². The maximum atomic E-state index is 5.91. The van der Waals surface area contributed by atoms with E-state index in [1.54, 1.807) is 0 Å². The molecule has 6 bridgehead atoms. The molecule has 0 aliphatic carbocycles. The molecule has 0 radical (unpaired) electrons. The van der Waals surface area contributed by atoms with E-state index in [1.165, 1.54) is 33.4 Å². The molecule has 0 amide bonds. The monoisotopic (exact) mass is 516 g/mol. The summed E-state index contributed by atoms with van der Waals surface area (Å²) in [6, 6.07) is 26.7. The van der Waals surface area contributed by atoms with Crippen LogP contribution in [0.5, 0.6) is 0 Å². The van der Waals surface area contributed by atoms with E-state index in [0.29, 0.717) is 52.9 Å². The normalized spacial score (nSPS) is 22.4. The summed E-state index contributed by atoms with van der Waals surface area (Å²) >= 11 is 0. The molecular formula is C32H40N2O4. The number of hydrogen-bond acceptors (Lipinski definition) is 6. The number of hydrogen-bond donors (Lipinski definition) is 0.